The summed E-state index contributed by atoms with van der Waals surface area (Å²) in [5.74, 6) is 0. The highest BCUT2D eigenvalue weighted by atomic mass is 16.2. The standard InChI is InChI=1S/C14H23N3O/c1-5-17(14(3,4)10-15)13(18)16-12-8-6-11(2)7-9-12/h6-9H,5,10,15H2,1-4H3,(H,16,18). The molecule has 0 heterocycles. The molecule has 0 aliphatic carbocycles. The van der Waals surface area contributed by atoms with Gasteiger partial charge in [-0.2, -0.15) is 0 Å². The lowest BCUT2D eigenvalue weighted by Crippen LogP contribution is -2.53. The zero-order valence-electron chi connectivity index (χ0n) is 11.7. The lowest BCUT2D eigenvalue weighted by Gasteiger charge is -2.36. The number of nitrogens with one attached hydrogen (secondary N) is 1. The van der Waals surface area contributed by atoms with E-state index in [0.29, 0.717) is 13.1 Å². The normalized spacial score (nSPS) is 11.2. The van der Waals surface area contributed by atoms with Crippen molar-refractivity contribution in [1.29, 1.82) is 0 Å². The molecule has 1 aromatic carbocycles. The van der Waals surface area contributed by atoms with E-state index in [-0.39, 0.29) is 11.6 Å². The Morgan fingerprint density at radius 1 is 1.33 bits per heavy atom. The molecule has 0 radical (unpaired) electrons. The maximum Gasteiger partial charge on any atom is 0.322 e. The summed E-state index contributed by atoms with van der Waals surface area (Å²) in [5.41, 5.74) is 7.34. The predicted octanol–water partition coefficient (Wildman–Crippen LogP) is 2.59. The Labute approximate surface area is 109 Å². The van der Waals surface area contributed by atoms with Crippen molar-refractivity contribution in [3.8, 4) is 0 Å². The third-order valence-corrected chi connectivity index (χ3v) is 3.09. The van der Waals surface area contributed by atoms with E-state index in [4.69, 9.17) is 5.73 Å². The summed E-state index contributed by atoms with van der Waals surface area (Å²) in [6.07, 6.45) is 0. The van der Waals surface area contributed by atoms with Gasteiger partial charge < -0.3 is 16.0 Å². The number of urea groups is 1. The number of rotatable bonds is 4. The van der Waals surface area contributed by atoms with Crippen molar-refractivity contribution in [1.82, 2.24) is 4.90 Å². The molecule has 0 aliphatic rings. The van der Waals surface area contributed by atoms with Gasteiger partial charge in [0.2, 0.25) is 0 Å². The van der Waals surface area contributed by atoms with Gasteiger partial charge in [-0.3, -0.25) is 0 Å². The van der Waals surface area contributed by atoms with Gasteiger partial charge >= 0.3 is 6.03 Å². The van der Waals surface area contributed by atoms with Gasteiger partial charge in [-0.1, -0.05) is 17.7 Å². The van der Waals surface area contributed by atoms with Crippen LogP contribution in [0.5, 0.6) is 0 Å². The molecule has 0 atom stereocenters. The summed E-state index contributed by atoms with van der Waals surface area (Å²) in [6.45, 7) is 8.95. The maximum atomic E-state index is 12.2. The molecule has 4 heteroatoms. The minimum absolute atomic E-state index is 0.114. The van der Waals surface area contributed by atoms with Crippen molar-refractivity contribution in [2.45, 2.75) is 33.2 Å². The van der Waals surface area contributed by atoms with Gasteiger partial charge in [0.1, 0.15) is 0 Å². The van der Waals surface area contributed by atoms with E-state index in [0.717, 1.165) is 5.69 Å². The zero-order chi connectivity index (χ0) is 13.8. The van der Waals surface area contributed by atoms with Gasteiger partial charge in [-0.15, -0.1) is 0 Å². The Hall–Kier alpha value is -1.55. The number of benzene rings is 1. The van der Waals surface area contributed by atoms with E-state index in [1.165, 1.54) is 5.56 Å². The van der Waals surface area contributed by atoms with E-state index < -0.39 is 0 Å². The highest BCUT2D eigenvalue weighted by Gasteiger charge is 2.28. The molecule has 0 saturated carbocycles. The van der Waals surface area contributed by atoms with Crippen LogP contribution in [0.15, 0.2) is 24.3 Å². The van der Waals surface area contributed by atoms with Crippen LogP contribution >= 0.6 is 0 Å². The fourth-order valence-electron chi connectivity index (χ4n) is 1.78. The predicted molar refractivity (Wildman–Crippen MR) is 75.7 cm³/mol. The van der Waals surface area contributed by atoms with Crippen molar-refractivity contribution < 1.29 is 4.79 Å². The van der Waals surface area contributed by atoms with Crippen LogP contribution in [-0.4, -0.2) is 29.6 Å². The quantitative estimate of drug-likeness (QED) is 0.861. The Balaban J connectivity index is 2.77. The summed E-state index contributed by atoms with van der Waals surface area (Å²) in [4.78, 5) is 13.9. The van der Waals surface area contributed by atoms with E-state index in [9.17, 15) is 4.79 Å². The first-order valence-electron chi connectivity index (χ1n) is 6.26. The number of carbonyl (C=O) groups is 1. The van der Waals surface area contributed by atoms with Crippen LogP contribution in [0.2, 0.25) is 0 Å². The smallest absolute Gasteiger partial charge is 0.322 e. The number of nitrogens with zero attached hydrogens (tertiary/aromatic N) is 1. The van der Waals surface area contributed by atoms with Crippen LogP contribution in [0.25, 0.3) is 0 Å². The number of anilines is 1. The monoisotopic (exact) mass is 249 g/mol. The first-order chi connectivity index (χ1) is 8.40. The Morgan fingerprint density at radius 2 is 1.89 bits per heavy atom. The van der Waals surface area contributed by atoms with Crippen LogP contribution in [0.1, 0.15) is 26.3 Å². The zero-order valence-corrected chi connectivity index (χ0v) is 11.7. The van der Waals surface area contributed by atoms with E-state index in [1.807, 2.05) is 52.0 Å². The summed E-state index contributed by atoms with van der Waals surface area (Å²) in [6, 6.07) is 7.63. The molecule has 100 valence electrons. The van der Waals surface area contributed by atoms with Crippen LogP contribution in [0.4, 0.5) is 10.5 Å². The average molecular weight is 249 g/mol. The van der Waals surface area contributed by atoms with Gasteiger partial charge in [0.25, 0.3) is 0 Å². The maximum absolute atomic E-state index is 12.2. The topological polar surface area (TPSA) is 58.4 Å². The summed E-state index contributed by atoms with van der Waals surface area (Å²) >= 11 is 0. The van der Waals surface area contributed by atoms with Crippen molar-refractivity contribution in [3.63, 3.8) is 0 Å². The Kier molecular flexibility index (Phi) is 4.73. The van der Waals surface area contributed by atoms with Gasteiger partial charge in [0.15, 0.2) is 0 Å². The van der Waals surface area contributed by atoms with Crippen LogP contribution in [0.3, 0.4) is 0 Å². The molecule has 3 N–H and O–H groups in total. The van der Waals surface area contributed by atoms with Crippen LogP contribution < -0.4 is 11.1 Å². The van der Waals surface area contributed by atoms with Crippen molar-refractivity contribution >= 4 is 11.7 Å². The number of aryl methyl sites for hydroxylation is 1. The molecule has 0 saturated heterocycles. The van der Waals surface area contributed by atoms with Crippen molar-refractivity contribution in [2.75, 3.05) is 18.4 Å². The highest BCUT2D eigenvalue weighted by molar-refractivity contribution is 5.89. The Bertz CT molecular complexity index is 398. The molecule has 0 spiro atoms. The van der Waals surface area contributed by atoms with Crippen molar-refractivity contribution in [3.05, 3.63) is 29.8 Å². The molecule has 2 amide bonds. The minimum atomic E-state index is -0.344. The number of amides is 2. The summed E-state index contributed by atoms with van der Waals surface area (Å²) < 4.78 is 0. The van der Waals surface area contributed by atoms with Gasteiger partial charge in [0.05, 0.1) is 5.54 Å². The van der Waals surface area contributed by atoms with Gasteiger partial charge in [0, 0.05) is 18.8 Å². The number of carbonyl (C=O) groups excluding carboxylic acids is 1. The minimum Gasteiger partial charge on any atom is -0.328 e. The molecule has 0 unspecified atom stereocenters. The average Bonchev–Trinajstić information content (AvgIpc) is 2.32. The van der Waals surface area contributed by atoms with E-state index in [2.05, 4.69) is 5.32 Å². The molecule has 0 bridgehead atoms. The molecule has 0 aliphatic heterocycles. The van der Waals surface area contributed by atoms with Gasteiger partial charge in [-0.25, -0.2) is 4.79 Å². The molecular weight excluding hydrogens is 226 g/mol. The van der Waals surface area contributed by atoms with Gasteiger partial charge in [-0.05, 0) is 39.8 Å². The number of nitrogens with two attached hydrogens (primary N) is 1. The SMILES string of the molecule is CCN(C(=O)Nc1ccc(C)cc1)C(C)(C)CN. The molecule has 0 fully saturated rings. The second-order valence-corrected chi connectivity index (χ2v) is 5.06. The third-order valence-electron chi connectivity index (χ3n) is 3.09. The highest BCUT2D eigenvalue weighted by Crippen LogP contribution is 2.15. The van der Waals surface area contributed by atoms with E-state index >= 15 is 0 Å². The largest absolute Gasteiger partial charge is 0.328 e. The summed E-state index contributed by atoms with van der Waals surface area (Å²) in [5, 5.41) is 2.89. The van der Waals surface area contributed by atoms with Crippen molar-refractivity contribution in [2.24, 2.45) is 5.73 Å². The number of hydrogen-bond donors (Lipinski definition) is 2. The first-order valence-corrected chi connectivity index (χ1v) is 6.26. The second-order valence-electron chi connectivity index (χ2n) is 5.06. The molecule has 18 heavy (non-hydrogen) atoms. The lowest BCUT2D eigenvalue weighted by atomic mass is 10.0. The first kappa shape index (κ1) is 14.5. The molecule has 1 rings (SSSR count). The molecular formula is C14H23N3O. The number of hydrogen-bond acceptors (Lipinski definition) is 2. The third kappa shape index (κ3) is 3.47. The van der Waals surface area contributed by atoms with Crippen LogP contribution in [-0.2, 0) is 0 Å². The second kappa shape index (κ2) is 5.87. The molecule has 1 aromatic rings. The van der Waals surface area contributed by atoms with E-state index in [1.54, 1.807) is 4.90 Å². The molecule has 4 nitrogen and oxygen atoms in total. The van der Waals surface area contributed by atoms with Crippen LogP contribution in [0, 0.1) is 6.92 Å². The summed E-state index contributed by atoms with van der Waals surface area (Å²) in [7, 11) is 0. The molecule has 0 aromatic heterocycles. The fraction of sp³-hybridized carbons (Fsp3) is 0.500. The number of likely N-dealkylation sites (N-methyl/N-ethyl adjacent to an activating group) is 1. The lowest BCUT2D eigenvalue weighted by molar-refractivity contribution is 0.155. The Morgan fingerprint density at radius 3 is 2.33 bits per heavy atom. The fourth-order valence-corrected chi connectivity index (χ4v) is 1.78.